The second-order valence-electron chi connectivity index (χ2n) is 16.0. The van der Waals surface area contributed by atoms with Gasteiger partial charge < -0.3 is 85.4 Å². The van der Waals surface area contributed by atoms with Crippen LogP contribution in [0.3, 0.4) is 0 Å². The van der Waals surface area contributed by atoms with E-state index in [9.17, 15) is 43.5 Å². The molecular formula is C49H71N9O18. The van der Waals surface area contributed by atoms with Gasteiger partial charge in [-0.2, -0.15) is 0 Å². The molecule has 7 amide bonds. The fourth-order valence-corrected chi connectivity index (χ4v) is 6.25. The lowest BCUT2D eigenvalue weighted by Crippen LogP contribution is -2.48. The molecule has 1 aliphatic heterocycles. The number of carboxylic acid groups (broad SMARTS) is 1. The van der Waals surface area contributed by atoms with Crippen molar-refractivity contribution >= 4 is 64.7 Å². The van der Waals surface area contributed by atoms with Crippen molar-refractivity contribution in [3.63, 3.8) is 0 Å². The van der Waals surface area contributed by atoms with E-state index in [4.69, 9.17) is 53.8 Å². The third-order valence-corrected chi connectivity index (χ3v) is 9.99. The molecule has 1 aliphatic rings. The van der Waals surface area contributed by atoms with Crippen molar-refractivity contribution in [1.82, 2.24) is 26.2 Å². The molecule has 3 rings (SSSR count). The van der Waals surface area contributed by atoms with Gasteiger partial charge in [-0.25, -0.2) is 0 Å². The van der Waals surface area contributed by atoms with E-state index < -0.39 is 54.5 Å². The van der Waals surface area contributed by atoms with Crippen LogP contribution in [0.2, 0.25) is 0 Å². The van der Waals surface area contributed by atoms with Gasteiger partial charge in [0.2, 0.25) is 23.6 Å². The first-order valence-corrected chi connectivity index (χ1v) is 24.5. The Balaban J connectivity index is 1.04. The standard InChI is InChI=1S/C49H71N9O18/c50-49(51)56-38-4-1-3-36(33-38)47(66)54-35-43(61)57-40(34-46(64)65)48(67)55-37-5-7-39(8-6-37)76-16-2-13-52-42(60)12-17-68-19-21-70-23-25-72-27-29-74-31-32-75-30-28-73-26-24-71-22-20-69-18-14-53-41(59)11-15-58-44(62)9-10-45(58)63/h1,3-10,33,40H,2,11-32,34-35H2,(H,52,60)(H,53,59)(H,54,66)(H,55,67)(H,57,61)(H,64,65)(H4,50,51,56). The molecule has 0 aliphatic carbocycles. The van der Waals surface area contributed by atoms with Crippen LogP contribution in [0.4, 0.5) is 11.4 Å². The highest BCUT2D eigenvalue weighted by atomic mass is 16.6. The SMILES string of the molecule is N=C(N)Nc1cccc(C(=O)NCC(=O)NC(CC(=O)O)C(=O)Nc2ccc(OCCCNC(=O)CCOCCOCCOCCOCCOCCOCCOCCOCCNC(=O)CCN3C(=O)C=CC3=O)cc2)c1. The van der Waals surface area contributed by atoms with Crippen molar-refractivity contribution in [1.29, 1.82) is 5.41 Å². The number of carbonyl (C=O) groups excluding carboxylic acids is 7. The normalized spacial score (nSPS) is 12.2. The van der Waals surface area contributed by atoms with Crippen molar-refractivity contribution in [3.8, 4) is 5.75 Å². The zero-order valence-corrected chi connectivity index (χ0v) is 42.4. The number of ether oxygens (including phenoxy) is 9. The summed E-state index contributed by atoms with van der Waals surface area (Å²) in [6.45, 7) is 6.50. The molecule has 76 heavy (non-hydrogen) atoms. The van der Waals surface area contributed by atoms with Gasteiger partial charge in [0.1, 0.15) is 11.8 Å². The van der Waals surface area contributed by atoms with E-state index in [-0.39, 0.29) is 49.3 Å². The minimum atomic E-state index is -1.45. The van der Waals surface area contributed by atoms with Gasteiger partial charge in [-0.1, -0.05) is 6.07 Å². The first-order valence-electron chi connectivity index (χ1n) is 24.5. The molecule has 1 atom stereocenters. The van der Waals surface area contributed by atoms with Gasteiger partial charge in [0.15, 0.2) is 5.96 Å². The van der Waals surface area contributed by atoms with Crippen LogP contribution in [0.5, 0.6) is 5.75 Å². The number of amides is 7. The third kappa shape index (κ3) is 30.3. The number of imide groups is 1. The average molecular weight is 1070 g/mol. The molecule has 1 unspecified atom stereocenters. The average Bonchev–Trinajstić information content (AvgIpc) is 3.72. The summed E-state index contributed by atoms with van der Waals surface area (Å²) in [6.07, 6.45) is 2.38. The Morgan fingerprint density at radius 2 is 1.09 bits per heavy atom. The number of anilines is 2. The molecule has 1 heterocycles. The van der Waals surface area contributed by atoms with Gasteiger partial charge in [-0.15, -0.1) is 0 Å². The summed E-state index contributed by atoms with van der Waals surface area (Å²) in [5.41, 5.74) is 6.18. The van der Waals surface area contributed by atoms with Crippen molar-refractivity contribution < 1.29 is 86.1 Å². The largest absolute Gasteiger partial charge is 0.494 e. The van der Waals surface area contributed by atoms with Gasteiger partial charge in [0.25, 0.3) is 17.7 Å². The highest BCUT2D eigenvalue weighted by Crippen LogP contribution is 2.17. The van der Waals surface area contributed by atoms with E-state index in [1.165, 1.54) is 36.4 Å². The molecule has 0 bridgehead atoms. The number of carbonyl (C=O) groups is 8. The van der Waals surface area contributed by atoms with E-state index in [0.717, 1.165) is 4.90 Å². The van der Waals surface area contributed by atoms with Crippen LogP contribution in [-0.2, 0) is 71.5 Å². The molecule has 27 heteroatoms. The maximum atomic E-state index is 12.9. The van der Waals surface area contributed by atoms with Crippen LogP contribution in [-0.4, -0.2) is 208 Å². The van der Waals surface area contributed by atoms with Gasteiger partial charge in [-0.3, -0.25) is 48.7 Å². The number of carboxylic acids is 1. The number of benzene rings is 2. The molecule has 0 aromatic heterocycles. The Bertz CT molecular complexity index is 2130. The second-order valence-corrected chi connectivity index (χ2v) is 16.0. The molecule has 10 N–H and O–H groups in total. The van der Waals surface area contributed by atoms with Crippen LogP contribution in [0.25, 0.3) is 0 Å². The lowest BCUT2D eigenvalue weighted by molar-refractivity contribution is -0.140. The smallest absolute Gasteiger partial charge is 0.305 e. The van der Waals surface area contributed by atoms with Gasteiger partial charge >= 0.3 is 5.97 Å². The number of hydrogen-bond acceptors (Lipinski definition) is 18. The molecule has 0 radical (unpaired) electrons. The number of rotatable bonds is 44. The lowest BCUT2D eigenvalue weighted by Gasteiger charge is -2.17. The fourth-order valence-electron chi connectivity index (χ4n) is 6.25. The monoisotopic (exact) mass is 1070 g/mol. The minimum absolute atomic E-state index is 0.0310. The Morgan fingerprint density at radius 1 is 0.579 bits per heavy atom. The van der Waals surface area contributed by atoms with Crippen LogP contribution in [0, 0.1) is 5.41 Å². The quantitative estimate of drug-likeness (QED) is 0.0169. The number of nitrogens with one attached hydrogen (secondary N) is 7. The molecule has 2 aromatic rings. The molecule has 2 aromatic carbocycles. The fraction of sp³-hybridized carbons (Fsp3) is 0.531. The van der Waals surface area contributed by atoms with Crippen LogP contribution in [0.1, 0.15) is 36.0 Å². The zero-order valence-electron chi connectivity index (χ0n) is 42.4. The Morgan fingerprint density at radius 3 is 1.63 bits per heavy atom. The molecule has 420 valence electrons. The molecule has 27 nitrogen and oxygen atoms in total. The molecule has 0 spiro atoms. The highest BCUT2D eigenvalue weighted by Gasteiger charge is 2.25. The Kier molecular flexibility index (Phi) is 32.7. The number of nitrogens with two attached hydrogens (primary N) is 1. The number of aliphatic carboxylic acids is 1. The third-order valence-electron chi connectivity index (χ3n) is 9.99. The molecule has 0 fully saturated rings. The highest BCUT2D eigenvalue weighted by molar-refractivity contribution is 6.13. The molecular weight excluding hydrogens is 1000 g/mol. The second kappa shape index (κ2) is 39.3. The van der Waals surface area contributed by atoms with Gasteiger partial charge in [-0.05, 0) is 48.9 Å². The summed E-state index contributed by atoms with van der Waals surface area (Å²) in [4.78, 5) is 97.4. The minimum Gasteiger partial charge on any atom is -0.494 e. The maximum absolute atomic E-state index is 12.9. The lowest BCUT2D eigenvalue weighted by atomic mass is 10.1. The predicted octanol–water partition coefficient (Wildman–Crippen LogP) is -0.841. The van der Waals surface area contributed by atoms with Crippen molar-refractivity contribution in [3.05, 3.63) is 66.2 Å². The summed E-state index contributed by atoms with van der Waals surface area (Å²) >= 11 is 0. The number of hydrogen-bond donors (Lipinski definition) is 9. The predicted molar refractivity (Wildman–Crippen MR) is 271 cm³/mol. The maximum Gasteiger partial charge on any atom is 0.305 e. The van der Waals surface area contributed by atoms with Gasteiger partial charge in [0.05, 0.1) is 125 Å². The van der Waals surface area contributed by atoms with E-state index in [0.29, 0.717) is 142 Å². The molecule has 0 saturated heterocycles. The van der Waals surface area contributed by atoms with Gasteiger partial charge in [0, 0.05) is 61.6 Å². The summed E-state index contributed by atoms with van der Waals surface area (Å²) in [6, 6.07) is 10.8. The van der Waals surface area contributed by atoms with E-state index in [1.807, 2.05) is 0 Å². The summed E-state index contributed by atoms with van der Waals surface area (Å²) < 4.78 is 49.4. The first kappa shape index (κ1) is 63.2. The van der Waals surface area contributed by atoms with Crippen LogP contribution >= 0.6 is 0 Å². The topological polar surface area (TPSA) is 365 Å². The summed E-state index contributed by atoms with van der Waals surface area (Å²) in [7, 11) is 0. The van der Waals surface area contributed by atoms with Crippen LogP contribution < -0.4 is 42.4 Å². The Hall–Kier alpha value is -7.11. The number of guanidine groups is 1. The van der Waals surface area contributed by atoms with E-state index >= 15 is 0 Å². The summed E-state index contributed by atoms with van der Waals surface area (Å²) in [5, 5.41) is 31.9. The Labute approximate surface area is 439 Å². The summed E-state index contributed by atoms with van der Waals surface area (Å²) in [5.74, 6) is -4.66. The van der Waals surface area contributed by atoms with E-state index in [2.05, 4.69) is 31.9 Å². The van der Waals surface area contributed by atoms with Crippen molar-refractivity contribution in [2.45, 2.75) is 31.7 Å². The van der Waals surface area contributed by atoms with Crippen molar-refractivity contribution in [2.24, 2.45) is 5.73 Å². The first-order chi connectivity index (χ1) is 36.8. The molecule has 0 saturated carbocycles. The zero-order chi connectivity index (χ0) is 55.0. The number of nitrogens with zero attached hydrogens (tertiary/aromatic N) is 1. The van der Waals surface area contributed by atoms with E-state index in [1.54, 1.807) is 24.3 Å². The van der Waals surface area contributed by atoms with Crippen LogP contribution in [0.15, 0.2) is 60.7 Å². The van der Waals surface area contributed by atoms with Crippen molar-refractivity contribution in [2.75, 3.05) is 149 Å².